The van der Waals surface area contributed by atoms with Crippen LogP contribution in [-0.4, -0.2) is 43.0 Å². The standard InChI is InChI=1S/C20H27N3O3S/c1-3-26-20(25)14-5-4-8-23(11-14)12-18(24)22-19-16(10-21)15-7-6-13(2)9-17(15)27-19/h13-14H,3-9,11-12H2,1-2H3,(H,22,24)/t13-,14+/m0/s1. The number of likely N-dealkylation sites (tertiary alicyclic amines) is 1. The number of piperidine rings is 1. The van der Waals surface area contributed by atoms with Crippen LogP contribution in [0.25, 0.3) is 0 Å². The van der Waals surface area contributed by atoms with Gasteiger partial charge >= 0.3 is 5.97 Å². The summed E-state index contributed by atoms with van der Waals surface area (Å²) < 4.78 is 5.12. The summed E-state index contributed by atoms with van der Waals surface area (Å²) in [7, 11) is 0. The number of nitrogens with one attached hydrogen (secondary N) is 1. The molecule has 6 nitrogen and oxygen atoms in total. The summed E-state index contributed by atoms with van der Waals surface area (Å²) in [6.45, 7) is 6.00. The third-order valence-electron chi connectivity index (χ3n) is 5.37. The highest BCUT2D eigenvalue weighted by molar-refractivity contribution is 7.16. The van der Waals surface area contributed by atoms with Gasteiger partial charge in [-0.05, 0) is 57.1 Å². The number of thiophene rings is 1. The first-order chi connectivity index (χ1) is 13.0. The minimum Gasteiger partial charge on any atom is -0.466 e. The molecule has 146 valence electrons. The number of hydrogen-bond acceptors (Lipinski definition) is 6. The number of rotatable bonds is 5. The fourth-order valence-electron chi connectivity index (χ4n) is 3.98. The molecule has 0 bridgehead atoms. The second kappa shape index (κ2) is 8.85. The van der Waals surface area contributed by atoms with Crippen molar-refractivity contribution in [3.8, 4) is 6.07 Å². The summed E-state index contributed by atoms with van der Waals surface area (Å²) >= 11 is 1.55. The van der Waals surface area contributed by atoms with Crippen molar-refractivity contribution in [3.63, 3.8) is 0 Å². The van der Waals surface area contributed by atoms with Crippen molar-refractivity contribution < 1.29 is 14.3 Å². The molecular formula is C20H27N3O3S. The number of esters is 1. The van der Waals surface area contributed by atoms with E-state index in [2.05, 4.69) is 18.3 Å². The van der Waals surface area contributed by atoms with E-state index >= 15 is 0 Å². The molecule has 0 radical (unpaired) electrons. The lowest BCUT2D eigenvalue weighted by molar-refractivity contribution is -0.150. The SMILES string of the molecule is CCOC(=O)[C@@H]1CCCN(CC(=O)Nc2sc3c(c2C#N)CC[C@H](C)C3)C1. The van der Waals surface area contributed by atoms with Crippen LogP contribution in [0.3, 0.4) is 0 Å². The van der Waals surface area contributed by atoms with Gasteiger partial charge < -0.3 is 10.1 Å². The van der Waals surface area contributed by atoms with Crippen LogP contribution in [0, 0.1) is 23.2 Å². The van der Waals surface area contributed by atoms with Gasteiger partial charge in [0.25, 0.3) is 0 Å². The number of ether oxygens (including phenoxy) is 1. The first-order valence-electron chi connectivity index (χ1n) is 9.75. The summed E-state index contributed by atoms with van der Waals surface area (Å²) in [5, 5.41) is 13.2. The lowest BCUT2D eigenvalue weighted by Gasteiger charge is -2.30. The average Bonchev–Trinajstić information content (AvgIpc) is 2.97. The molecule has 0 spiro atoms. The van der Waals surface area contributed by atoms with Gasteiger partial charge in [-0.25, -0.2) is 0 Å². The molecule has 7 heteroatoms. The fourth-order valence-corrected chi connectivity index (χ4v) is 5.36. The van der Waals surface area contributed by atoms with Crippen molar-refractivity contribution in [2.24, 2.45) is 11.8 Å². The Morgan fingerprint density at radius 2 is 2.22 bits per heavy atom. The van der Waals surface area contributed by atoms with Gasteiger partial charge in [-0.3, -0.25) is 14.5 Å². The van der Waals surface area contributed by atoms with Gasteiger partial charge in [0, 0.05) is 11.4 Å². The maximum Gasteiger partial charge on any atom is 0.310 e. The highest BCUT2D eigenvalue weighted by atomic mass is 32.1. The Morgan fingerprint density at radius 1 is 1.41 bits per heavy atom. The van der Waals surface area contributed by atoms with E-state index in [0.29, 0.717) is 29.6 Å². The Balaban J connectivity index is 1.61. The van der Waals surface area contributed by atoms with Gasteiger partial charge in [-0.1, -0.05) is 6.92 Å². The second-order valence-electron chi connectivity index (χ2n) is 7.54. The highest BCUT2D eigenvalue weighted by Gasteiger charge is 2.29. The Bertz CT molecular complexity index is 752. The van der Waals surface area contributed by atoms with E-state index in [9.17, 15) is 14.9 Å². The molecule has 27 heavy (non-hydrogen) atoms. The minimum absolute atomic E-state index is 0.123. The zero-order chi connectivity index (χ0) is 19.4. The molecule has 1 aromatic heterocycles. The molecule has 1 saturated heterocycles. The van der Waals surface area contributed by atoms with E-state index in [1.807, 2.05) is 4.90 Å². The molecule has 1 N–H and O–H groups in total. The third-order valence-corrected chi connectivity index (χ3v) is 6.54. The first-order valence-corrected chi connectivity index (χ1v) is 10.6. The van der Waals surface area contributed by atoms with Crippen molar-refractivity contribution >= 4 is 28.2 Å². The second-order valence-corrected chi connectivity index (χ2v) is 8.65. The van der Waals surface area contributed by atoms with Crippen LogP contribution in [0.5, 0.6) is 0 Å². The lowest BCUT2D eigenvalue weighted by atomic mass is 9.89. The zero-order valence-electron chi connectivity index (χ0n) is 16.0. The fraction of sp³-hybridized carbons (Fsp3) is 0.650. The van der Waals surface area contributed by atoms with Crippen LogP contribution in [0.2, 0.25) is 0 Å². The molecule has 1 fully saturated rings. The van der Waals surface area contributed by atoms with Gasteiger partial charge in [0.1, 0.15) is 11.1 Å². The third kappa shape index (κ3) is 4.69. The molecule has 1 amide bonds. The van der Waals surface area contributed by atoms with Crippen molar-refractivity contribution in [2.75, 3.05) is 31.6 Å². The van der Waals surface area contributed by atoms with E-state index in [1.54, 1.807) is 18.3 Å². The summed E-state index contributed by atoms with van der Waals surface area (Å²) in [4.78, 5) is 27.8. The molecule has 2 heterocycles. The summed E-state index contributed by atoms with van der Waals surface area (Å²) in [6, 6.07) is 2.28. The summed E-state index contributed by atoms with van der Waals surface area (Å²) in [5.41, 5.74) is 1.76. The normalized spacial score (nSPS) is 22.6. The summed E-state index contributed by atoms with van der Waals surface area (Å²) in [5.74, 6) is 0.174. The first kappa shape index (κ1) is 19.8. The Kier molecular flexibility index (Phi) is 6.51. The number of fused-ring (bicyclic) bond motifs is 1. The minimum atomic E-state index is -0.172. The van der Waals surface area contributed by atoms with Crippen LogP contribution in [0.4, 0.5) is 5.00 Å². The average molecular weight is 390 g/mol. The number of carbonyl (C=O) groups is 2. The molecule has 3 rings (SSSR count). The molecule has 1 aromatic rings. The number of carbonyl (C=O) groups excluding carboxylic acids is 2. The van der Waals surface area contributed by atoms with Gasteiger partial charge in [0.05, 0.1) is 24.6 Å². The maximum absolute atomic E-state index is 12.6. The van der Waals surface area contributed by atoms with E-state index < -0.39 is 0 Å². The van der Waals surface area contributed by atoms with Crippen LogP contribution >= 0.6 is 11.3 Å². The smallest absolute Gasteiger partial charge is 0.310 e. The molecule has 0 aromatic carbocycles. The molecule has 1 aliphatic heterocycles. The van der Waals surface area contributed by atoms with Gasteiger partial charge in [0.2, 0.25) is 5.91 Å². The van der Waals surface area contributed by atoms with Crippen molar-refractivity contribution in [3.05, 3.63) is 16.0 Å². The number of nitriles is 1. The molecular weight excluding hydrogens is 362 g/mol. The van der Waals surface area contributed by atoms with Crippen molar-refractivity contribution in [2.45, 2.75) is 46.0 Å². The monoisotopic (exact) mass is 389 g/mol. The molecule has 0 saturated carbocycles. The number of anilines is 1. The lowest BCUT2D eigenvalue weighted by Crippen LogP contribution is -2.43. The topological polar surface area (TPSA) is 82.4 Å². The Labute approximate surface area is 164 Å². The number of hydrogen-bond donors (Lipinski definition) is 1. The predicted octanol–water partition coefficient (Wildman–Crippen LogP) is 2.96. The number of amides is 1. The molecule has 2 atom stereocenters. The van der Waals surface area contributed by atoms with E-state index in [0.717, 1.165) is 44.2 Å². The highest BCUT2D eigenvalue weighted by Crippen LogP contribution is 2.39. The number of nitrogens with zero attached hydrogens (tertiary/aromatic N) is 2. The van der Waals surface area contributed by atoms with E-state index in [1.165, 1.54) is 4.88 Å². The zero-order valence-corrected chi connectivity index (χ0v) is 16.9. The van der Waals surface area contributed by atoms with Crippen LogP contribution < -0.4 is 5.32 Å². The molecule has 2 aliphatic rings. The maximum atomic E-state index is 12.6. The summed E-state index contributed by atoms with van der Waals surface area (Å²) in [6.07, 6.45) is 4.68. The van der Waals surface area contributed by atoms with Crippen molar-refractivity contribution in [1.82, 2.24) is 4.90 Å². The van der Waals surface area contributed by atoms with E-state index in [-0.39, 0.29) is 24.3 Å². The Hall–Kier alpha value is -1.91. The molecule has 1 aliphatic carbocycles. The van der Waals surface area contributed by atoms with Gasteiger partial charge in [-0.2, -0.15) is 5.26 Å². The quantitative estimate of drug-likeness (QED) is 0.783. The van der Waals surface area contributed by atoms with Crippen LogP contribution in [-0.2, 0) is 27.2 Å². The van der Waals surface area contributed by atoms with Gasteiger partial charge in [0.15, 0.2) is 0 Å². The largest absolute Gasteiger partial charge is 0.466 e. The van der Waals surface area contributed by atoms with Crippen LogP contribution in [0.15, 0.2) is 0 Å². The van der Waals surface area contributed by atoms with E-state index in [4.69, 9.17) is 4.74 Å². The molecule has 0 unspecified atom stereocenters. The van der Waals surface area contributed by atoms with Crippen molar-refractivity contribution in [1.29, 1.82) is 5.26 Å². The Morgan fingerprint density at radius 3 is 2.96 bits per heavy atom. The predicted molar refractivity (Wildman–Crippen MR) is 105 cm³/mol. The van der Waals surface area contributed by atoms with Gasteiger partial charge in [-0.15, -0.1) is 11.3 Å². The van der Waals surface area contributed by atoms with Crippen LogP contribution in [0.1, 0.15) is 49.1 Å².